The Morgan fingerprint density at radius 3 is 2.82 bits per heavy atom. The highest BCUT2D eigenvalue weighted by molar-refractivity contribution is 5.99. The molecule has 2 aliphatic rings. The number of fused-ring (bicyclic) bond motifs is 3. The van der Waals surface area contributed by atoms with E-state index in [4.69, 9.17) is 0 Å². The van der Waals surface area contributed by atoms with Crippen LogP contribution in [-0.2, 0) is 12.8 Å². The maximum Gasteiger partial charge on any atom is 0.253 e. The summed E-state index contributed by atoms with van der Waals surface area (Å²) < 4.78 is 0. The molecular weight excluding hydrogens is 272 g/mol. The summed E-state index contributed by atoms with van der Waals surface area (Å²) in [6, 6.07) is 6.51. The van der Waals surface area contributed by atoms with Crippen LogP contribution in [0.15, 0.2) is 18.2 Å². The first-order valence-electron chi connectivity index (χ1n) is 8.56. The van der Waals surface area contributed by atoms with Gasteiger partial charge in [0.05, 0.1) is 0 Å². The fourth-order valence-corrected chi connectivity index (χ4v) is 3.82. The van der Waals surface area contributed by atoms with Crippen molar-refractivity contribution < 1.29 is 4.79 Å². The lowest BCUT2D eigenvalue weighted by atomic mass is 9.95. The first-order chi connectivity index (χ1) is 10.6. The van der Waals surface area contributed by atoms with Crippen LogP contribution in [0.3, 0.4) is 0 Å². The van der Waals surface area contributed by atoms with Gasteiger partial charge < -0.3 is 9.88 Å². The molecule has 0 aliphatic heterocycles. The number of aryl methyl sites for hydroxylation is 2. The molecule has 2 aromatic rings. The Bertz CT molecular complexity index is 726. The van der Waals surface area contributed by atoms with E-state index in [1.165, 1.54) is 47.8 Å². The molecule has 1 saturated carbocycles. The summed E-state index contributed by atoms with van der Waals surface area (Å²) in [5.74, 6) is 0.866. The van der Waals surface area contributed by atoms with Crippen molar-refractivity contribution in [2.45, 2.75) is 51.5 Å². The molecule has 4 rings (SSSR count). The van der Waals surface area contributed by atoms with E-state index in [0.29, 0.717) is 12.0 Å². The van der Waals surface area contributed by atoms with E-state index in [2.05, 4.69) is 24.0 Å². The third-order valence-corrected chi connectivity index (χ3v) is 5.58. The van der Waals surface area contributed by atoms with Crippen molar-refractivity contribution >= 4 is 16.8 Å². The van der Waals surface area contributed by atoms with Crippen LogP contribution in [0.25, 0.3) is 10.9 Å². The van der Waals surface area contributed by atoms with Crippen LogP contribution in [0.5, 0.6) is 0 Å². The van der Waals surface area contributed by atoms with Gasteiger partial charge in [-0.3, -0.25) is 4.79 Å². The van der Waals surface area contributed by atoms with E-state index >= 15 is 0 Å². The molecule has 0 radical (unpaired) electrons. The summed E-state index contributed by atoms with van der Waals surface area (Å²) in [6.07, 6.45) is 7.35. The van der Waals surface area contributed by atoms with Gasteiger partial charge in [-0.15, -0.1) is 0 Å². The van der Waals surface area contributed by atoms with Gasteiger partial charge in [-0.2, -0.15) is 0 Å². The number of nitrogens with one attached hydrogen (secondary N) is 1. The Hall–Kier alpha value is -1.77. The number of aromatic nitrogens is 1. The fourth-order valence-electron chi connectivity index (χ4n) is 3.82. The topological polar surface area (TPSA) is 36.1 Å². The molecule has 0 bridgehead atoms. The number of carbonyl (C=O) groups is 1. The smallest absolute Gasteiger partial charge is 0.253 e. The lowest BCUT2D eigenvalue weighted by Crippen LogP contribution is -2.36. The minimum atomic E-state index is 0.159. The van der Waals surface area contributed by atoms with Crippen molar-refractivity contribution in [1.29, 1.82) is 0 Å². The quantitative estimate of drug-likeness (QED) is 0.915. The highest BCUT2D eigenvalue weighted by Crippen LogP contribution is 2.35. The number of aromatic amines is 1. The van der Waals surface area contributed by atoms with Crippen LogP contribution in [0.1, 0.15) is 54.2 Å². The van der Waals surface area contributed by atoms with Gasteiger partial charge in [0, 0.05) is 35.2 Å². The van der Waals surface area contributed by atoms with Crippen molar-refractivity contribution in [3.05, 3.63) is 35.0 Å². The van der Waals surface area contributed by atoms with E-state index < -0.39 is 0 Å². The van der Waals surface area contributed by atoms with Crippen molar-refractivity contribution in [3.63, 3.8) is 0 Å². The van der Waals surface area contributed by atoms with Gasteiger partial charge in [-0.05, 0) is 75.1 Å². The molecule has 1 amide bonds. The molecular formula is C19H24N2O. The molecule has 1 atom stereocenters. The number of hydrogen-bond acceptors (Lipinski definition) is 1. The highest BCUT2D eigenvalue weighted by atomic mass is 16.2. The molecule has 0 saturated heterocycles. The minimum absolute atomic E-state index is 0.159. The molecule has 3 heteroatoms. The summed E-state index contributed by atoms with van der Waals surface area (Å²) in [5.41, 5.74) is 4.83. The first kappa shape index (κ1) is 13.9. The fraction of sp³-hybridized carbons (Fsp3) is 0.526. The van der Waals surface area contributed by atoms with Crippen molar-refractivity contribution in [2.24, 2.45) is 5.92 Å². The largest absolute Gasteiger partial charge is 0.358 e. The maximum atomic E-state index is 12.8. The van der Waals surface area contributed by atoms with Crippen LogP contribution in [0, 0.1) is 5.92 Å². The summed E-state index contributed by atoms with van der Waals surface area (Å²) in [4.78, 5) is 18.2. The monoisotopic (exact) mass is 296 g/mol. The van der Waals surface area contributed by atoms with E-state index in [1.807, 2.05) is 18.0 Å². The van der Waals surface area contributed by atoms with Crippen LogP contribution in [0.4, 0.5) is 0 Å². The SMILES string of the molecule is C[C@H](C1CC1)N(C)C(=O)c1ccc2[nH]c3c(c2c1)CCCC3. The molecule has 1 N–H and O–H groups in total. The van der Waals surface area contributed by atoms with Gasteiger partial charge in [0.25, 0.3) is 5.91 Å². The average Bonchev–Trinajstić information content (AvgIpc) is 3.33. The average molecular weight is 296 g/mol. The van der Waals surface area contributed by atoms with Gasteiger partial charge in [0.2, 0.25) is 0 Å². The van der Waals surface area contributed by atoms with E-state index in [1.54, 1.807) is 0 Å². The maximum absolute atomic E-state index is 12.8. The second-order valence-corrected chi connectivity index (χ2v) is 7.04. The molecule has 0 unspecified atom stereocenters. The van der Waals surface area contributed by atoms with Gasteiger partial charge in [0.1, 0.15) is 0 Å². The van der Waals surface area contributed by atoms with Crippen molar-refractivity contribution in [1.82, 2.24) is 9.88 Å². The Morgan fingerprint density at radius 1 is 1.27 bits per heavy atom. The number of hydrogen-bond donors (Lipinski definition) is 1. The second kappa shape index (κ2) is 5.15. The number of nitrogens with zero attached hydrogens (tertiary/aromatic N) is 1. The number of carbonyl (C=O) groups excluding carboxylic acids is 1. The predicted molar refractivity (Wildman–Crippen MR) is 89.2 cm³/mol. The number of H-pyrrole nitrogens is 1. The molecule has 1 aromatic carbocycles. The van der Waals surface area contributed by atoms with Crippen LogP contribution in [0.2, 0.25) is 0 Å². The third-order valence-electron chi connectivity index (χ3n) is 5.58. The van der Waals surface area contributed by atoms with Crippen LogP contribution < -0.4 is 0 Å². The third kappa shape index (κ3) is 2.23. The number of rotatable bonds is 3. The molecule has 116 valence electrons. The van der Waals surface area contributed by atoms with Gasteiger partial charge >= 0.3 is 0 Å². The normalized spacial score (nSPS) is 19.0. The van der Waals surface area contributed by atoms with Crippen molar-refractivity contribution in [2.75, 3.05) is 7.05 Å². The Balaban J connectivity index is 1.68. The highest BCUT2D eigenvalue weighted by Gasteiger charge is 2.32. The van der Waals surface area contributed by atoms with Gasteiger partial charge in [-0.25, -0.2) is 0 Å². The minimum Gasteiger partial charge on any atom is -0.358 e. The van der Waals surface area contributed by atoms with Crippen LogP contribution in [-0.4, -0.2) is 28.9 Å². The predicted octanol–water partition coefficient (Wildman–Crippen LogP) is 3.92. The number of benzene rings is 1. The summed E-state index contributed by atoms with van der Waals surface area (Å²) in [6.45, 7) is 2.17. The summed E-state index contributed by atoms with van der Waals surface area (Å²) >= 11 is 0. The zero-order valence-corrected chi connectivity index (χ0v) is 13.5. The Morgan fingerprint density at radius 2 is 2.05 bits per heavy atom. The Labute approximate surface area is 131 Å². The first-order valence-corrected chi connectivity index (χ1v) is 8.56. The molecule has 22 heavy (non-hydrogen) atoms. The van der Waals surface area contributed by atoms with Crippen molar-refractivity contribution in [3.8, 4) is 0 Å². The summed E-state index contributed by atoms with van der Waals surface area (Å²) in [5, 5.41) is 1.26. The molecule has 2 aliphatic carbocycles. The molecule has 0 spiro atoms. The van der Waals surface area contributed by atoms with E-state index in [0.717, 1.165) is 18.4 Å². The van der Waals surface area contributed by atoms with E-state index in [-0.39, 0.29) is 5.91 Å². The Kier molecular flexibility index (Phi) is 3.24. The number of amides is 1. The molecule has 3 nitrogen and oxygen atoms in total. The van der Waals surface area contributed by atoms with Gasteiger partial charge in [0.15, 0.2) is 0 Å². The standard InChI is InChI=1S/C19H24N2O/c1-12(13-7-8-13)21(2)19(22)14-9-10-18-16(11-14)15-5-3-4-6-17(15)20-18/h9-13,20H,3-8H2,1-2H3/t12-/m1/s1. The molecule has 1 aromatic heterocycles. The van der Waals surface area contributed by atoms with E-state index in [9.17, 15) is 4.79 Å². The molecule has 1 heterocycles. The van der Waals surface area contributed by atoms with Crippen LogP contribution >= 0.6 is 0 Å². The zero-order valence-electron chi connectivity index (χ0n) is 13.5. The van der Waals surface area contributed by atoms with Gasteiger partial charge in [-0.1, -0.05) is 0 Å². The lowest BCUT2D eigenvalue weighted by Gasteiger charge is -2.25. The summed E-state index contributed by atoms with van der Waals surface area (Å²) in [7, 11) is 1.95. The molecule has 1 fully saturated rings. The lowest BCUT2D eigenvalue weighted by molar-refractivity contribution is 0.0727. The second-order valence-electron chi connectivity index (χ2n) is 7.04. The zero-order chi connectivity index (χ0) is 15.3.